The molecule has 0 fully saturated rings. The molecule has 0 aliphatic carbocycles. The van der Waals surface area contributed by atoms with E-state index in [0.717, 1.165) is 31.9 Å². The first kappa shape index (κ1) is 20.0. The van der Waals surface area contributed by atoms with Crippen LogP contribution in [0.2, 0.25) is 0 Å². The standard InChI is InChI=1S/C18H28FN3O2/c1-4-6-7-12-22(3)18(20-5-2)21-13-16(23)14-24-17-10-8-15(19)9-11-17/h4,8-11,16,23H,1,5-7,12-14H2,2-3H3,(H,20,21). The van der Waals surface area contributed by atoms with Crippen molar-refractivity contribution in [1.82, 2.24) is 10.2 Å². The van der Waals surface area contributed by atoms with E-state index in [1.165, 1.54) is 24.3 Å². The molecule has 1 aromatic carbocycles. The predicted molar refractivity (Wildman–Crippen MR) is 95.9 cm³/mol. The van der Waals surface area contributed by atoms with Crippen LogP contribution in [0.5, 0.6) is 5.75 Å². The second-order valence-corrected chi connectivity index (χ2v) is 5.47. The summed E-state index contributed by atoms with van der Waals surface area (Å²) in [6.45, 7) is 7.67. The van der Waals surface area contributed by atoms with Gasteiger partial charge in [0.15, 0.2) is 5.96 Å². The van der Waals surface area contributed by atoms with Gasteiger partial charge in [0, 0.05) is 20.1 Å². The zero-order valence-corrected chi connectivity index (χ0v) is 14.5. The van der Waals surface area contributed by atoms with E-state index in [-0.39, 0.29) is 19.0 Å². The normalized spacial score (nSPS) is 12.6. The molecule has 0 amide bonds. The van der Waals surface area contributed by atoms with Crippen molar-refractivity contribution >= 4 is 5.96 Å². The zero-order valence-electron chi connectivity index (χ0n) is 14.5. The third kappa shape index (κ3) is 7.97. The van der Waals surface area contributed by atoms with Gasteiger partial charge in [-0.1, -0.05) is 6.08 Å². The summed E-state index contributed by atoms with van der Waals surface area (Å²) >= 11 is 0. The Bertz CT molecular complexity index is 505. The number of aliphatic imine (C=N–C) groups is 1. The Morgan fingerprint density at radius 3 is 2.79 bits per heavy atom. The number of nitrogens with one attached hydrogen (secondary N) is 1. The lowest BCUT2D eigenvalue weighted by Gasteiger charge is -2.22. The Hall–Kier alpha value is -2.08. The lowest BCUT2D eigenvalue weighted by atomic mass is 10.3. The van der Waals surface area contributed by atoms with Gasteiger partial charge in [0.05, 0.1) is 6.54 Å². The highest BCUT2D eigenvalue weighted by atomic mass is 19.1. The van der Waals surface area contributed by atoms with Gasteiger partial charge in [-0.25, -0.2) is 4.39 Å². The van der Waals surface area contributed by atoms with Crippen molar-refractivity contribution < 1.29 is 14.2 Å². The van der Waals surface area contributed by atoms with Crippen LogP contribution in [0.25, 0.3) is 0 Å². The molecule has 0 spiro atoms. The molecule has 0 radical (unpaired) electrons. The third-order valence-electron chi connectivity index (χ3n) is 3.31. The van der Waals surface area contributed by atoms with Gasteiger partial charge in [-0.15, -0.1) is 6.58 Å². The van der Waals surface area contributed by atoms with Crippen LogP contribution in [0.15, 0.2) is 41.9 Å². The predicted octanol–water partition coefficient (Wildman–Crippen LogP) is 2.43. The fourth-order valence-electron chi connectivity index (χ4n) is 2.02. The number of benzene rings is 1. The van der Waals surface area contributed by atoms with Crippen molar-refractivity contribution in [2.24, 2.45) is 4.99 Å². The minimum absolute atomic E-state index is 0.106. The van der Waals surface area contributed by atoms with E-state index in [4.69, 9.17) is 4.74 Å². The number of hydrogen-bond donors (Lipinski definition) is 2. The first-order valence-corrected chi connectivity index (χ1v) is 8.23. The molecular weight excluding hydrogens is 309 g/mol. The highest BCUT2D eigenvalue weighted by Crippen LogP contribution is 2.11. The quantitative estimate of drug-likeness (QED) is 0.298. The minimum atomic E-state index is -0.731. The number of hydrogen-bond acceptors (Lipinski definition) is 3. The summed E-state index contributed by atoms with van der Waals surface area (Å²) in [6, 6.07) is 5.70. The first-order chi connectivity index (χ1) is 11.6. The Kier molecular flexibility index (Phi) is 9.53. The van der Waals surface area contributed by atoms with Crippen LogP contribution >= 0.6 is 0 Å². The number of halogens is 1. The molecule has 2 N–H and O–H groups in total. The number of nitrogens with zero attached hydrogens (tertiary/aromatic N) is 2. The number of aliphatic hydroxyl groups excluding tert-OH is 1. The van der Waals surface area contributed by atoms with E-state index in [2.05, 4.69) is 16.9 Å². The van der Waals surface area contributed by atoms with E-state index in [1.807, 2.05) is 24.9 Å². The van der Waals surface area contributed by atoms with Gasteiger partial charge in [0.2, 0.25) is 0 Å². The lowest BCUT2D eigenvalue weighted by molar-refractivity contribution is 0.114. The van der Waals surface area contributed by atoms with E-state index < -0.39 is 6.10 Å². The lowest BCUT2D eigenvalue weighted by Crippen LogP contribution is -2.40. The maximum Gasteiger partial charge on any atom is 0.193 e. The van der Waals surface area contributed by atoms with Crippen LogP contribution < -0.4 is 10.1 Å². The van der Waals surface area contributed by atoms with Crippen LogP contribution in [-0.4, -0.2) is 55.4 Å². The summed E-state index contributed by atoms with van der Waals surface area (Å²) in [7, 11) is 1.96. The van der Waals surface area contributed by atoms with Crippen molar-refractivity contribution in [2.75, 3.05) is 33.3 Å². The number of rotatable bonds is 10. The Labute approximate surface area is 143 Å². The molecule has 5 nitrogen and oxygen atoms in total. The SMILES string of the molecule is C=CCCCN(C)C(=NCC(O)COc1ccc(F)cc1)NCC. The second-order valence-electron chi connectivity index (χ2n) is 5.47. The summed E-state index contributed by atoms with van der Waals surface area (Å²) < 4.78 is 18.2. The third-order valence-corrected chi connectivity index (χ3v) is 3.31. The monoisotopic (exact) mass is 337 g/mol. The van der Waals surface area contributed by atoms with Crippen molar-refractivity contribution in [1.29, 1.82) is 0 Å². The van der Waals surface area contributed by atoms with Gasteiger partial charge in [-0.05, 0) is 44.0 Å². The van der Waals surface area contributed by atoms with Crippen molar-refractivity contribution in [3.05, 3.63) is 42.7 Å². The molecule has 24 heavy (non-hydrogen) atoms. The molecular formula is C18H28FN3O2. The maximum absolute atomic E-state index is 12.8. The first-order valence-electron chi connectivity index (χ1n) is 8.23. The molecule has 0 bridgehead atoms. The highest BCUT2D eigenvalue weighted by Gasteiger charge is 2.08. The van der Waals surface area contributed by atoms with E-state index >= 15 is 0 Å². The number of unbranched alkanes of at least 4 members (excludes halogenated alkanes) is 1. The van der Waals surface area contributed by atoms with Gasteiger partial charge in [-0.3, -0.25) is 4.99 Å². The molecule has 0 heterocycles. The Morgan fingerprint density at radius 1 is 1.46 bits per heavy atom. The number of aliphatic hydroxyl groups is 1. The molecule has 6 heteroatoms. The van der Waals surface area contributed by atoms with Crippen LogP contribution in [-0.2, 0) is 0 Å². The van der Waals surface area contributed by atoms with Crippen molar-refractivity contribution in [3.63, 3.8) is 0 Å². The molecule has 0 saturated heterocycles. The minimum Gasteiger partial charge on any atom is -0.491 e. The van der Waals surface area contributed by atoms with Gasteiger partial charge >= 0.3 is 0 Å². The summed E-state index contributed by atoms with van der Waals surface area (Å²) in [6.07, 6.45) is 3.12. The number of guanidine groups is 1. The topological polar surface area (TPSA) is 57.1 Å². The summed E-state index contributed by atoms with van der Waals surface area (Å²) in [5.74, 6) is 0.956. The zero-order chi connectivity index (χ0) is 17.8. The molecule has 1 aromatic rings. The molecule has 134 valence electrons. The van der Waals surface area contributed by atoms with Crippen molar-refractivity contribution in [2.45, 2.75) is 25.9 Å². The number of allylic oxidation sites excluding steroid dienone is 1. The summed E-state index contributed by atoms with van der Waals surface area (Å²) in [4.78, 5) is 6.46. The average molecular weight is 337 g/mol. The Morgan fingerprint density at radius 2 is 2.17 bits per heavy atom. The molecule has 1 atom stereocenters. The highest BCUT2D eigenvalue weighted by molar-refractivity contribution is 5.79. The molecule has 1 unspecified atom stereocenters. The molecule has 0 aliphatic rings. The number of ether oxygens (including phenoxy) is 1. The van der Waals surface area contributed by atoms with Crippen LogP contribution in [0, 0.1) is 5.82 Å². The average Bonchev–Trinajstić information content (AvgIpc) is 2.58. The summed E-state index contributed by atoms with van der Waals surface area (Å²) in [5, 5.41) is 13.2. The Balaban J connectivity index is 2.45. The van der Waals surface area contributed by atoms with Crippen molar-refractivity contribution in [3.8, 4) is 5.75 Å². The van der Waals surface area contributed by atoms with Gasteiger partial charge in [-0.2, -0.15) is 0 Å². The maximum atomic E-state index is 12.8. The molecule has 0 aromatic heterocycles. The van der Waals surface area contributed by atoms with Crippen LogP contribution in [0.1, 0.15) is 19.8 Å². The van der Waals surface area contributed by atoms with Gasteiger partial charge in [0.25, 0.3) is 0 Å². The van der Waals surface area contributed by atoms with E-state index in [0.29, 0.717) is 5.75 Å². The second kappa shape index (κ2) is 11.5. The largest absolute Gasteiger partial charge is 0.491 e. The van der Waals surface area contributed by atoms with E-state index in [9.17, 15) is 9.50 Å². The molecule has 0 aliphatic heterocycles. The van der Waals surface area contributed by atoms with Gasteiger partial charge in [0.1, 0.15) is 24.3 Å². The van der Waals surface area contributed by atoms with Crippen LogP contribution in [0.4, 0.5) is 4.39 Å². The fraction of sp³-hybridized carbons (Fsp3) is 0.500. The molecule has 0 saturated carbocycles. The molecule has 1 rings (SSSR count). The van der Waals surface area contributed by atoms with Gasteiger partial charge < -0.3 is 20.1 Å². The summed E-state index contributed by atoms with van der Waals surface area (Å²) in [5.41, 5.74) is 0. The fourth-order valence-corrected chi connectivity index (χ4v) is 2.02. The van der Waals surface area contributed by atoms with E-state index in [1.54, 1.807) is 0 Å². The van der Waals surface area contributed by atoms with Crippen LogP contribution in [0.3, 0.4) is 0 Å². The smallest absolute Gasteiger partial charge is 0.193 e.